The second-order valence-corrected chi connectivity index (χ2v) is 5.46. The van der Waals surface area contributed by atoms with E-state index in [1.807, 2.05) is 24.3 Å². The number of amides is 1. The van der Waals surface area contributed by atoms with Crippen molar-refractivity contribution in [3.8, 4) is 11.5 Å². The van der Waals surface area contributed by atoms with Gasteiger partial charge in [0, 0.05) is 16.6 Å². The maximum atomic E-state index is 12.1. The number of nitrogen functional groups attached to an aromatic ring is 1. The van der Waals surface area contributed by atoms with Crippen LogP contribution < -0.4 is 20.5 Å². The van der Waals surface area contributed by atoms with E-state index in [0.29, 0.717) is 22.9 Å². The third-order valence-corrected chi connectivity index (χ3v) is 4.05. The van der Waals surface area contributed by atoms with Crippen LogP contribution in [0.1, 0.15) is 0 Å². The summed E-state index contributed by atoms with van der Waals surface area (Å²) in [6, 6.07) is 12.7. The minimum Gasteiger partial charge on any atom is -0.497 e. The van der Waals surface area contributed by atoms with Gasteiger partial charge in [0.2, 0.25) is 5.91 Å². The molecule has 1 amide bonds. The van der Waals surface area contributed by atoms with Crippen LogP contribution in [0.5, 0.6) is 11.5 Å². The van der Waals surface area contributed by atoms with Crippen LogP contribution in [-0.4, -0.2) is 25.9 Å². The molecule has 0 aliphatic carbocycles. The zero-order valence-corrected chi connectivity index (χ0v) is 13.3. The number of nitrogens with two attached hydrogens (primary N) is 1. The van der Waals surface area contributed by atoms with Gasteiger partial charge in [-0.1, -0.05) is 12.1 Å². The topological polar surface area (TPSA) is 73.6 Å². The number of para-hydroxylation sites is 1. The monoisotopic (exact) mass is 318 g/mol. The van der Waals surface area contributed by atoms with E-state index in [-0.39, 0.29) is 11.7 Å². The molecule has 2 aromatic rings. The molecule has 22 heavy (non-hydrogen) atoms. The second kappa shape index (κ2) is 7.61. The van der Waals surface area contributed by atoms with Gasteiger partial charge in [-0.2, -0.15) is 0 Å². The fourth-order valence-corrected chi connectivity index (χ4v) is 2.61. The highest BCUT2D eigenvalue weighted by atomic mass is 32.2. The fourth-order valence-electron chi connectivity index (χ4n) is 1.84. The van der Waals surface area contributed by atoms with Gasteiger partial charge in [-0.25, -0.2) is 0 Å². The van der Waals surface area contributed by atoms with E-state index in [1.54, 1.807) is 32.4 Å². The number of hydrogen-bond acceptors (Lipinski definition) is 5. The van der Waals surface area contributed by atoms with Gasteiger partial charge in [0.05, 0.1) is 25.7 Å². The molecule has 0 radical (unpaired) electrons. The van der Waals surface area contributed by atoms with Crippen molar-refractivity contribution in [2.75, 3.05) is 31.0 Å². The van der Waals surface area contributed by atoms with Crippen molar-refractivity contribution in [3.05, 3.63) is 42.5 Å². The molecule has 0 heterocycles. The third kappa shape index (κ3) is 4.08. The lowest BCUT2D eigenvalue weighted by Crippen LogP contribution is -2.14. The van der Waals surface area contributed by atoms with Crippen LogP contribution in [0.3, 0.4) is 0 Å². The molecule has 0 unspecified atom stereocenters. The number of nitrogens with one attached hydrogen (secondary N) is 1. The van der Waals surface area contributed by atoms with Crippen molar-refractivity contribution < 1.29 is 14.3 Å². The molecule has 2 aromatic carbocycles. The first kappa shape index (κ1) is 16.0. The van der Waals surface area contributed by atoms with Gasteiger partial charge in [0.25, 0.3) is 0 Å². The standard InChI is InChI=1S/C16H18N2O3S/c1-20-11-7-8-13(14(9-11)21-2)18-16(19)10-22-15-6-4-3-5-12(15)17/h3-9H,10,17H2,1-2H3,(H,18,19). The lowest BCUT2D eigenvalue weighted by atomic mass is 10.2. The van der Waals surface area contributed by atoms with Crippen molar-refractivity contribution in [1.82, 2.24) is 0 Å². The molecule has 6 heteroatoms. The maximum Gasteiger partial charge on any atom is 0.234 e. The first-order chi connectivity index (χ1) is 10.6. The number of benzene rings is 2. The van der Waals surface area contributed by atoms with Gasteiger partial charge in [0.1, 0.15) is 11.5 Å². The lowest BCUT2D eigenvalue weighted by molar-refractivity contribution is -0.113. The number of ether oxygens (including phenoxy) is 2. The van der Waals surface area contributed by atoms with Crippen molar-refractivity contribution >= 4 is 29.0 Å². The number of methoxy groups -OCH3 is 2. The number of carbonyl (C=O) groups excluding carboxylic acids is 1. The first-order valence-corrected chi connectivity index (χ1v) is 7.61. The quantitative estimate of drug-likeness (QED) is 0.632. The van der Waals surface area contributed by atoms with Gasteiger partial charge in [0.15, 0.2) is 0 Å². The Bertz CT molecular complexity index is 662. The molecule has 0 fully saturated rings. The molecular formula is C16H18N2O3S. The van der Waals surface area contributed by atoms with E-state index >= 15 is 0 Å². The molecule has 0 aromatic heterocycles. The highest BCUT2D eigenvalue weighted by molar-refractivity contribution is 8.00. The Morgan fingerprint density at radius 3 is 2.64 bits per heavy atom. The molecule has 0 saturated carbocycles. The summed E-state index contributed by atoms with van der Waals surface area (Å²) in [7, 11) is 3.12. The summed E-state index contributed by atoms with van der Waals surface area (Å²) < 4.78 is 10.4. The van der Waals surface area contributed by atoms with Crippen LogP contribution in [-0.2, 0) is 4.79 Å². The molecule has 0 aliphatic rings. The minimum atomic E-state index is -0.128. The Morgan fingerprint density at radius 2 is 1.95 bits per heavy atom. The molecule has 0 bridgehead atoms. The molecule has 116 valence electrons. The van der Waals surface area contributed by atoms with Gasteiger partial charge >= 0.3 is 0 Å². The lowest BCUT2D eigenvalue weighted by Gasteiger charge is -2.11. The number of anilines is 2. The number of carbonyl (C=O) groups is 1. The summed E-state index contributed by atoms with van der Waals surface area (Å²) in [5.74, 6) is 1.36. The third-order valence-electron chi connectivity index (χ3n) is 2.96. The normalized spacial score (nSPS) is 10.1. The van der Waals surface area contributed by atoms with Crippen LogP contribution in [0.25, 0.3) is 0 Å². The van der Waals surface area contributed by atoms with Gasteiger partial charge in [-0.15, -0.1) is 11.8 Å². The molecule has 0 saturated heterocycles. The highest BCUT2D eigenvalue weighted by Crippen LogP contribution is 2.30. The number of thioether (sulfide) groups is 1. The van der Waals surface area contributed by atoms with Crippen molar-refractivity contribution in [1.29, 1.82) is 0 Å². The Labute approximate surface area is 133 Å². The van der Waals surface area contributed by atoms with Gasteiger partial charge < -0.3 is 20.5 Å². The van der Waals surface area contributed by atoms with Gasteiger partial charge in [-0.3, -0.25) is 4.79 Å². The van der Waals surface area contributed by atoms with Crippen LogP contribution >= 0.6 is 11.8 Å². The second-order valence-electron chi connectivity index (χ2n) is 4.44. The Balaban J connectivity index is 1.99. The summed E-state index contributed by atoms with van der Waals surface area (Å²) in [5, 5.41) is 2.82. The van der Waals surface area contributed by atoms with Crippen molar-refractivity contribution in [2.45, 2.75) is 4.90 Å². The van der Waals surface area contributed by atoms with Crippen LogP contribution in [0.4, 0.5) is 11.4 Å². The molecule has 3 N–H and O–H groups in total. The van der Waals surface area contributed by atoms with E-state index in [4.69, 9.17) is 15.2 Å². The predicted molar refractivity (Wildman–Crippen MR) is 89.8 cm³/mol. The maximum absolute atomic E-state index is 12.1. The fraction of sp³-hybridized carbons (Fsp3) is 0.188. The molecule has 0 aliphatic heterocycles. The molecule has 5 nitrogen and oxygen atoms in total. The average Bonchev–Trinajstić information content (AvgIpc) is 2.54. The minimum absolute atomic E-state index is 0.128. The van der Waals surface area contributed by atoms with Crippen molar-refractivity contribution in [2.24, 2.45) is 0 Å². The average molecular weight is 318 g/mol. The van der Waals surface area contributed by atoms with Crippen molar-refractivity contribution in [3.63, 3.8) is 0 Å². The van der Waals surface area contributed by atoms with E-state index in [2.05, 4.69) is 5.32 Å². The Kier molecular flexibility index (Phi) is 5.55. The SMILES string of the molecule is COc1ccc(NC(=O)CSc2ccccc2N)c(OC)c1. The van der Waals surface area contributed by atoms with Crippen LogP contribution in [0.15, 0.2) is 47.4 Å². The summed E-state index contributed by atoms with van der Waals surface area (Å²) in [5.41, 5.74) is 7.13. The Morgan fingerprint density at radius 1 is 1.18 bits per heavy atom. The number of rotatable bonds is 6. The summed E-state index contributed by atoms with van der Waals surface area (Å²) in [6.45, 7) is 0. The summed E-state index contributed by atoms with van der Waals surface area (Å²) in [4.78, 5) is 12.9. The first-order valence-electron chi connectivity index (χ1n) is 6.63. The predicted octanol–water partition coefficient (Wildman–Crippen LogP) is 3.02. The molecular weight excluding hydrogens is 300 g/mol. The van der Waals surface area contributed by atoms with Gasteiger partial charge in [-0.05, 0) is 24.3 Å². The molecule has 0 atom stereocenters. The van der Waals surface area contributed by atoms with E-state index in [9.17, 15) is 4.79 Å². The summed E-state index contributed by atoms with van der Waals surface area (Å²) >= 11 is 1.39. The Hall–Kier alpha value is -2.34. The zero-order valence-electron chi connectivity index (χ0n) is 12.5. The van der Waals surface area contributed by atoms with E-state index < -0.39 is 0 Å². The largest absolute Gasteiger partial charge is 0.497 e. The smallest absolute Gasteiger partial charge is 0.234 e. The van der Waals surface area contributed by atoms with E-state index in [0.717, 1.165) is 4.90 Å². The molecule has 2 rings (SSSR count). The van der Waals surface area contributed by atoms with E-state index in [1.165, 1.54) is 11.8 Å². The van der Waals surface area contributed by atoms with Crippen LogP contribution in [0, 0.1) is 0 Å². The van der Waals surface area contributed by atoms with Crippen LogP contribution in [0.2, 0.25) is 0 Å². The number of hydrogen-bond donors (Lipinski definition) is 2. The molecule has 0 spiro atoms. The summed E-state index contributed by atoms with van der Waals surface area (Å²) in [6.07, 6.45) is 0. The highest BCUT2D eigenvalue weighted by Gasteiger charge is 2.10. The zero-order chi connectivity index (χ0) is 15.9.